The molecule has 0 bridgehead atoms. The Bertz CT molecular complexity index is 591. The lowest BCUT2D eigenvalue weighted by atomic mass is 9.87. The van der Waals surface area contributed by atoms with Crippen LogP contribution in [0.15, 0.2) is 41.5 Å². The van der Waals surface area contributed by atoms with Gasteiger partial charge in [-0.05, 0) is 74.8 Å². The van der Waals surface area contributed by atoms with Crippen LogP contribution in [0.4, 0.5) is 0 Å². The van der Waals surface area contributed by atoms with Crippen molar-refractivity contribution in [1.29, 1.82) is 0 Å². The molecule has 0 aliphatic carbocycles. The number of aliphatic imine (C=N–C) groups is 1. The molecule has 0 atom stereocenters. The molecule has 1 rings (SSSR count). The topological polar surface area (TPSA) is 12.4 Å². The normalized spacial score (nSPS) is 12.2. The van der Waals surface area contributed by atoms with Gasteiger partial charge in [-0.2, -0.15) is 0 Å². The van der Waals surface area contributed by atoms with Gasteiger partial charge in [-0.3, -0.25) is 4.99 Å². The Morgan fingerprint density at radius 1 is 1.05 bits per heavy atom. The lowest BCUT2D eigenvalue weighted by Crippen LogP contribution is -2.07. The van der Waals surface area contributed by atoms with Crippen molar-refractivity contribution < 1.29 is 0 Å². The van der Waals surface area contributed by atoms with Gasteiger partial charge in [0.25, 0.3) is 0 Å². The molecule has 120 valence electrons. The molecule has 1 heteroatoms. The Morgan fingerprint density at radius 2 is 1.64 bits per heavy atom. The molecule has 0 amide bonds. The predicted octanol–water partition coefficient (Wildman–Crippen LogP) is 6.43. The van der Waals surface area contributed by atoms with Crippen molar-refractivity contribution in [1.82, 2.24) is 0 Å². The van der Waals surface area contributed by atoms with E-state index in [1.54, 1.807) is 0 Å². The van der Waals surface area contributed by atoms with E-state index in [-0.39, 0.29) is 0 Å². The van der Waals surface area contributed by atoms with E-state index >= 15 is 0 Å². The zero-order valence-corrected chi connectivity index (χ0v) is 15.4. The van der Waals surface area contributed by atoms with Crippen molar-refractivity contribution in [3.8, 4) is 0 Å². The highest BCUT2D eigenvalue weighted by molar-refractivity contribution is 5.99. The third-order valence-corrected chi connectivity index (χ3v) is 3.58. The van der Waals surface area contributed by atoms with Crippen molar-refractivity contribution in [2.45, 2.75) is 61.3 Å². The van der Waals surface area contributed by atoms with E-state index in [0.29, 0.717) is 5.41 Å². The Labute approximate surface area is 136 Å². The van der Waals surface area contributed by atoms with Crippen molar-refractivity contribution in [3.05, 3.63) is 53.2 Å². The van der Waals surface area contributed by atoms with Crippen LogP contribution < -0.4 is 0 Å². The number of nitrogens with zero attached hydrogens (tertiary/aromatic N) is 1. The fourth-order valence-corrected chi connectivity index (χ4v) is 2.11. The fraction of sp³-hybridized carbons (Fsp3) is 0.476. The van der Waals surface area contributed by atoms with E-state index < -0.39 is 0 Å². The highest BCUT2D eigenvalue weighted by Gasteiger charge is 2.11. The fourth-order valence-electron chi connectivity index (χ4n) is 2.11. The summed E-state index contributed by atoms with van der Waals surface area (Å²) in [7, 11) is 0. The molecule has 0 unspecified atom stereocenters. The van der Waals surface area contributed by atoms with Gasteiger partial charge in [0.15, 0.2) is 0 Å². The first kappa shape index (κ1) is 18.4. The molecule has 0 saturated carbocycles. The summed E-state index contributed by atoms with van der Waals surface area (Å²) in [5, 5.41) is 0. The maximum atomic E-state index is 4.57. The van der Waals surface area contributed by atoms with Crippen molar-refractivity contribution in [3.63, 3.8) is 0 Å². The first-order valence-corrected chi connectivity index (χ1v) is 8.06. The zero-order chi connectivity index (χ0) is 16.9. The van der Waals surface area contributed by atoms with Crippen LogP contribution in [0.5, 0.6) is 0 Å². The number of aryl methyl sites for hydroxylation is 1. The van der Waals surface area contributed by atoms with E-state index in [0.717, 1.165) is 17.7 Å². The highest BCUT2D eigenvalue weighted by Crippen LogP contribution is 2.24. The summed E-state index contributed by atoms with van der Waals surface area (Å²) in [4.78, 5) is 4.57. The van der Waals surface area contributed by atoms with Crippen molar-refractivity contribution >= 4 is 11.3 Å². The Kier molecular flexibility index (Phi) is 6.34. The molecule has 0 aliphatic heterocycles. The van der Waals surface area contributed by atoms with E-state index in [9.17, 15) is 0 Å². The lowest BCUT2D eigenvalue weighted by molar-refractivity contribution is 0.378. The Balaban J connectivity index is 3.17. The molecule has 0 aliphatic rings. The summed E-state index contributed by atoms with van der Waals surface area (Å²) in [5.41, 5.74) is 7.51. The van der Waals surface area contributed by atoms with E-state index in [4.69, 9.17) is 0 Å². The molecule has 0 spiro atoms. The van der Waals surface area contributed by atoms with Crippen LogP contribution in [0.25, 0.3) is 5.57 Å². The first-order valence-electron chi connectivity index (χ1n) is 8.06. The van der Waals surface area contributed by atoms with Gasteiger partial charge in [0.05, 0.1) is 0 Å². The molecular formula is C21H31N. The minimum absolute atomic E-state index is 0.352. The maximum Gasteiger partial charge on any atom is 0.0445 e. The largest absolute Gasteiger partial charge is 0.261 e. The number of hydrogen-bond donors (Lipinski definition) is 0. The second-order valence-corrected chi connectivity index (χ2v) is 7.68. The Morgan fingerprint density at radius 3 is 2.14 bits per heavy atom. The monoisotopic (exact) mass is 297 g/mol. The van der Waals surface area contributed by atoms with Crippen LogP contribution in [0.2, 0.25) is 0 Å². The molecule has 0 radical (unpaired) electrons. The molecular weight excluding hydrogens is 266 g/mol. The summed E-state index contributed by atoms with van der Waals surface area (Å²) in [6, 6.07) is 6.74. The molecule has 0 N–H and O–H groups in total. The average Bonchev–Trinajstić information content (AvgIpc) is 2.41. The smallest absolute Gasteiger partial charge is 0.0445 e. The van der Waals surface area contributed by atoms with Crippen LogP contribution in [-0.2, 0) is 6.42 Å². The van der Waals surface area contributed by atoms with Crippen molar-refractivity contribution in [2.24, 2.45) is 10.4 Å². The second-order valence-electron chi connectivity index (χ2n) is 7.68. The summed E-state index contributed by atoms with van der Waals surface area (Å²) >= 11 is 0. The molecule has 22 heavy (non-hydrogen) atoms. The van der Waals surface area contributed by atoms with E-state index in [1.165, 1.54) is 28.7 Å². The molecule has 0 fully saturated rings. The first-order chi connectivity index (χ1) is 10.1. The van der Waals surface area contributed by atoms with Crippen LogP contribution in [0.3, 0.4) is 0 Å². The maximum absolute atomic E-state index is 4.57. The number of allylic oxidation sites excluding steroid dienone is 2. The minimum atomic E-state index is 0.352. The van der Waals surface area contributed by atoms with Gasteiger partial charge < -0.3 is 0 Å². The average molecular weight is 297 g/mol. The summed E-state index contributed by atoms with van der Waals surface area (Å²) in [6.07, 6.45) is 4.20. The summed E-state index contributed by atoms with van der Waals surface area (Å²) < 4.78 is 0. The molecule has 0 saturated heterocycles. The molecule has 1 nitrogen and oxygen atoms in total. The van der Waals surface area contributed by atoms with Crippen molar-refractivity contribution in [2.75, 3.05) is 0 Å². The highest BCUT2D eigenvalue weighted by atomic mass is 14.7. The summed E-state index contributed by atoms with van der Waals surface area (Å²) in [6.45, 7) is 19.2. The third-order valence-electron chi connectivity index (χ3n) is 3.58. The molecule has 0 aromatic heterocycles. The zero-order valence-electron chi connectivity index (χ0n) is 15.4. The van der Waals surface area contributed by atoms with Gasteiger partial charge in [-0.15, -0.1) is 0 Å². The van der Waals surface area contributed by atoms with E-state index in [2.05, 4.69) is 78.2 Å². The number of hydrogen-bond acceptors (Lipinski definition) is 1. The quantitative estimate of drug-likeness (QED) is 0.555. The lowest BCUT2D eigenvalue weighted by Gasteiger charge is -2.18. The van der Waals surface area contributed by atoms with E-state index in [1.807, 2.05) is 6.20 Å². The second kappa shape index (κ2) is 7.58. The van der Waals surface area contributed by atoms with Gasteiger partial charge in [0.2, 0.25) is 0 Å². The van der Waals surface area contributed by atoms with Gasteiger partial charge in [-0.1, -0.05) is 44.6 Å². The SMILES string of the molecule is C=C(C)c1cc(CCC(C)(C)C)cc(/C(C)=N/C=C(C)C)c1. The predicted molar refractivity (Wildman–Crippen MR) is 101 cm³/mol. The molecule has 1 aromatic carbocycles. The van der Waals surface area contributed by atoms with Crippen LogP contribution in [-0.4, -0.2) is 5.71 Å². The molecule has 0 heterocycles. The standard InChI is InChI=1S/C21H31N/c1-15(2)14-22-17(5)20-12-18(9-10-21(6,7)8)11-19(13-20)16(3)4/h11-14H,3,9-10H2,1-2,4-8H3/b22-17+. The van der Waals surface area contributed by atoms with Crippen LogP contribution in [0, 0.1) is 5.41 Å². The van der Waals surface area contributed by atoms with Gasteiger partial charge in [0.1, 0.15) is 0 Å². The third kappa shape index (κ3) is 6.43. The van der Waals surface area contributed by atoms with Gasteiger partial charge in [-0.25, -0.2) is 0 Å². The van der Waals surface area contributed by atoms with Gasteiger partial charge in [0, 0.05) is 11.9 Å². The van der Waals surface area contributed by atoms with Crippen LogP contribution >= 0.6 is 0 Å². The number of rotatable bonds is 5. The number of benzene rings is 1. The summed E-state index contributed by atoms with van der Waals surface area (Å²) in [5.74, 6) is 0. The minimum Gasteiger partial charge on any atom is -0.261 e. The van der Waals surface area contributed by atoms with Crippen LogP contribution in [0.1, 0.15) is 71.6 Å². The molecule has 1 aromatic rings. The van der Waals surface area contributed by atoms with Gasteiger partial charge >= 0.3 is 0 Å². The Hall–Kier alpha value is -1.63.